The Balaban J connectivity index is 1.63. The molecule has 1 aliphatic heterocycles. The van der Waals surface area contributed by atoms with Gasteiger partial charge in [0.15, 0.2) is 5.69 Å². The number of rotatable bonds is 6. The van der Waals surface area contributed by atoms with E-state index in [1.165, 1.54) is 5.56 Å². The second-order valence-electron chi connectivity index (χ2n) is 7.09. The predicted molar refractivity (Wildman–Crippen MR) is 107 cm³/mol. The van der Waals surface area contributed by atoms with Gasteiger partial charge in [-0.1, -0.05) is 30.3 Å². The number of carbonyl (C=O) groups excluding carboxylic acids is 1. The summed E-state index contributed by atoms with van der Waals surface area (Å²) in [5.41, 5.74) is 4.00. The minimum Gasteiger partial charge on any atom is -0.440 e. The SMILES string of the molecule is COCCNC(=O)N1CCc2c(c(-c3ncc(C)o3)nn2Cc2ccccc2)C1. The van der Waals surface area contributed by atoms with Crippen LogP contribution in [0.15, 0.2) is 40.9 Å². The summed E-state index contributed by atoms with van der Waals surface area (Å²) in [6.45, 7) is 4.61. The second kappa shape index (κ2) is 8.48. The highest BCUT2D eigenvalue weighted by Gasteiger charge is 2.29. The Labute approximate surface area is 169 Å². The number of ether oxygens (including phenoxy) is 1. The van der Waals surface area contributed by atoms with Crippen molar-refractivity contribution < 1.29 is 13.9 Å². The molecule has 0 aliphatic carbocycles. The average molecular weight is 395 g/mol. The van der Waals surface area contributed by atoms with E-state index in [-0.39, 0.29) is 6.03 Å². The lowest BCUT2D eigenvalue weighted by Crippen LogP contribution is -2.43. The van der Waals surface area contributed by atoms with Gasteiger partial charge in [0.1, 0.15) is 5.76 Å². The average Bonchev–Trinajstić information content (AvgIpc) is 3.32. The lowest BCUT2D eigenvalue weighted by Gasteiger charge is -2.28. The lowest BCUT2D eigenvalue weighted by molar-refractivity contribution is 0.176. The largest absolute Gasteiger partial charge is 0.440 e. The van der Waals surface area contributed by atoms with Crippen molar-refractivity contribution in [2.45, 2.75) is 26.4 Å². The van der Waals surface area contributed by atoms with Crippen molar-refractivity contribution in [3.8, 4) is 11.6 Å². The van der Waals surface area contributed by atoms with Crippen LogP contribution in [0, 0.1) is 6.92 Å². The highest BCUT2D eigenvalue weighted by atomic mass is 16.5. The quantitative estimate of drug-likeness (QED) is 0.649. The van der Waals surface area contributed by atoms with Gasteiger partial charge in [-0.2, -0.15) is 5.10 Å². The Morgan fingerprint density at radius 3 is 2.86 bits per heavy atom. The van der Waals surface area contributed by atoms with Crippen molar-refractivity contribution >= 4 is 6.03 Å². The van der Waals surface area contributed by atoms with Gasteiger partial charge in [-0.05, 0) is 12.5 Å². The van der Waals surface area contributed by atoms with Gasteiger partial charge in [0.05, 0.1) is 25.9 Å². The highest BCUT2D eigenvalue weighted by molar-refractivity contribution is 5.75. The number of urea groups is 1. The first-order chi connectivity index (χ1) is 14.2. The molecule has 0 fully saturated rings. The van der Waals surface area contributed by atoms with E-state index in [1.807, 2.05) is 29.8 Å². The van der Waals surface area contributed by atoms with Crippen LogP contribution in [0.4, 0.5) is 4.79 Å². The van der Waals surface area contributed by atoms with Crippen LogP contribution in [0.3, 0.4) is 0 Å². The molecule has 8 heteroatoms. The summed E-state index contributed by atoms with van der Waals surface area (Å²) in [5.74, 6) is 1.23. The van der Waals surface area contributed by atoms with E-state index < -0.39 is 0 Å². The smallest absolute Gasteiger partial charge is 0.317 e. The molecule has 0 bridgehead atoms. The van der Waals surface area contributed by atoms with Gasteiger partial charge in [-0.15, -0.1) is 0 Å². The fraction of sp³-hybridized carbons (Fsp3) is 0.381. The van der Waals surface area contributed by atoms with Gasteiger partial charge < -0.3 is 19.4 Å². The minimum atomic E-state index is -0.0990. The molecule has 152 valence electrons. The molecule has 0 saturated carbocycles. The molecule has 0 spiro atoms. The van der Waals surface area contributed by atoms with Gasteiger partial charge in [0.2, 0.25) is 5.89 Å². The van der Waals surface area contributed by atoms with Gasteiger partial charge >= 0.3 is 6.03 Å². The van der Waals surface area contributed by atoms with Crippen molar-refractivity contribution in [2.24, 2.45) is 0 Å². The molecule has 29 heavy (non-hydrogen) atoms. The van der Waals surface area contributed by atoms with E-state index >= 15 is 0 Å². The Hall–Kier alpha value is -3.13. The van der Waals surface area contributed by atoms with Gasteiger partial charge in [-0.25, -0.2) is 9.78 Å². The van der Waals surface area contributed by atoms with Crippen LogP contribution in [0.25, 0.3) is 11.6 Å². The zero-order chi connectivity index (χ0) is 20.2. The Bertz CT molecular complexity index is 980. The van der Waals surface area contributed by atoms with Crippen LogP contribution >= 0.6 is 0 Å². The molecule has 1 aliphatic rings. The normalized spacial score (nSPS) is 13.4. The number of oxazole rings is 1. The van der Waals surface area contributed by atoms with E-state index in [2.05, 4.69) is 22.4 Å². The number of fused-ring (bicyclic) bond motifs is 1. The maximum atomic E-state index is 12.5. The molecule has 1 aromatic carbocycles. The number of amides is 2. The molecule has 3 heterocycles. The maximum Gasteiger partial charge on any atom is 0.317 e. The summed E-state index contributed by atoms with van der Waals surface area (Å²) >= 11 is 0. The van der Waals surface area contributed by atoms with E-state index in [1.54, 1.807) is 18.2 Å². The molecule has 2 aromatic heterocycles. The third kappa shape index (κ3) is 4.17. The minimum absolute atomic E-state index is 0.0990. The maximum absolute atomic E-state index is 12.5. The van der Waals surface area contributed by atoms with E-state index in [4.69, 9.17) is 14.3 Å². The van der Waals surface area contributed by atoms with Crippen LogP contribution < -0.4 is 5.32 Å². The highest BCUT2D eigenvalue weighted by Crippen LogP contribution is 2.30. The van der Waals surface area contributed by atoms with Crippen molar-refractivity contribution in [1.82, 2.24) is 25.0 Å². The third-order valence-electron chi connectivity index (χ3n) is 5.00. The zero-order valence-corrected chi connectivity index (χ0v) is 16.7. The standard InChI is InChI=1S/C21H25N5O3/c1-15-12-23-20(29-15)19-17-14-25(21(27)22-9-11-28-2)10-8-18(17)26(24-19)13-16-6-4-3-5-7-16/h3-7,12H,8-11,13-14H2,1-2H3,(H,22,27). The van der Waals surface area contributed by atoms with E-state index in [0.717, 1.165) is 23.4 Å². The first kappa shape index (κ1) is 19.2. The van der Waals surface area contributed by atoms with Crippen LogP contribution in [0.2, 0.25) is 0 Å². The fourth-order valence-electron chi connectivity index (χ4n) is 3.56. The molecule has 0 unspecified atom stereocenters. The molecule has 0 atom stereocenters. The van der Waals surface area contributed by atoms with Crippen LogP contribution in [-0.4, -0.2) is 52.5 Å². The topological polar surface area (TPSA) is 85.4 Å². The van der Waals surface area contributed by atoms with Crippen molar-refractivity contribution in [3.05, 3.63) is 59.1 Å². The summed E-state index contributed by atoms with van der Waals surface area (Å²) in [4.78, 5) is 18.7. The van der Waals surface area contributed by atoms with Gasteiger partial charge in [0, 0.05) is 37.9 Å². The van der Waals surface area contributed by atoms with E-state index in [9.17, 15) is 4.79 Å². The molecule has 0 saturated heterocycles. The van der Waals surface area contributed by atoms with Crippen LogP contribution in [0.5, 0.6) is 0 Å². The number of carbonyl (C=O) groups is 1. The Kier molecular flexibility index (Phi) is 5.62. The van der Waals surface area contributed by atoms with Crippen LogP contribution in [-0.2, 0) is 24.2 Å². The van der Waals surface area contributed by atoms with E-state index in [0.29, 0.717) is 44.4 Å². The molecule has 3 aromatic rings. The Morgan fingerprint density at radius 1 is 1.31 bits per heavy atom. The van der Waals surface area contributed by atoms with Crippen LogP contribution in [0.1, 0.15) is 22.6 Å². The number of hydrogen-bond acceptors (Lipinski definition) is 5. The summed E-state index contributed by atoms with van der Waals surface area (Å²) in [5, 5.41) is 7.71. The molecule has 2 amide bonds. The summed E-state index contributed by atoms with van der Waals surface area (Å²) in [6.07, 6.45) is 2.42. The Morgan fingerprint density at radius 2 is 2.14 bits per heavy atom. The van der Waals surface area contributed by atoms with Crippen molar-refractivity contribution in [1.29, 1.82) is 0 Å². The number of aromatic nitrogens is 3. The molecule has 0 radical (unpaired) electrons. The molecular weight excluding hydrogens is 370 g/mol. The number of methoxy groups -OCH3 is 1. The predicted octanol–water partition coefficient (Wildman–Crippen LogP) is 2.61. The van der Waals surface area contributed by atoms with Crippen molar-refractivity contribution in [3.63, 3.8) is 0 Å². The first-order valence-corrected chi connectivity index (χ1v) is 9.72. The molecule has 8 nitrogen and oxygen atoms in total. The van der Waals surface area contributed by atoms with Crippen molar-refractivity contribution in [2.75, 3.05) is 26.8 Å². The third-order valence-corrected chi connectivity index (χ3v) is 5.00. The monoisotopic (exact) mass is 395 g/mol. The number of nitrogens with one attached hydrogen (secondary N) is 1. The molecular formula is C21H25N5O3. The van der Waals surface area contributed by atoms with Gasteiger partial charge in [-0.3, -0.25) is 4.68 Å². The van der Waals surface area contributed by atoms with Gasteiger partial charge in [0.25, 0.3) is 0 Å². The fourth-order valence-corrected chi connectivity index (χ4v) is 3.56. The second-order valence-corrected chi connectivity index (χ2v) is 7.09. The zero-order valence-electron chi connectivity index (χ0n) is 16.7. The summed E-state index contributed by atoms with van der Waals surface area (Å²) < 4.78 is 12.8. The number of nitrogens with zero attached hydrogens (tertiary/aromatic N) is 4. The molecule has 1 N–H and O–H groups in total. The summed E-state index contributed by atoms with van der Waals surface area (Å²) in [7, 11) is 1.62. The summed E-state index contributed by atoms with van der Waals surface area (Å²) in [6, 6.07) is 10.1. The number of hydrogen-bond donors (Lipinski definition) is 1. The molecule has 4 rings (SSSR count). The lowest BCUT2D eigenvalue weighted by atomic mass is 10.0. The first-order valence-electron chi connectivity index (χ1n) is 9.72. The number of benzene rings is 1. The number of aryl methyl sites for hydroxylation is 1.